The lowest BCUT2D eigenvalue weighted by atomic mass is 10.00. The van der Waals surface area contributed by atoms with Gasteiger partial charge < -0.3 is 15.4 Å². The summed E-state index contributed by atoms with van der Waals surface area (Å²) in [6.45, 7) is 3.67. The maximum Gasteiger partial charge on any atom is 0.313 e. The number of thiazole rings is 1. The van der Waals surface area contributed by atoms with Crippen molar-refractivity contribution in [2.24, 2.45) is 0 Å². The van der Waals surface area contributed by atoms with Crippen molar-refractivity contribution in [3.63, 3.8) is 0 Å². The molecule has 156 valence electrons. The molecule has 10 heteroatoms. The highest BCUT2D eigenvalue weighted by molar-refractivity contribution is 7.09. The molecule has 2 amide bonds. The van der Waals surface area contributed by atoms with E-state index in [0.29, 0.717) is 11.4 Å². The largest absolute Gasteiger partial charge is 0.436 e. The molecule has 2 heterocycles. The van der Waals surface area contributed by atoms with Crippen molar-refractivity contribution in [3.8, 4) is 11.6 Å². The molecular formula is C20H18F2N4O3S. The van der Waals surface area contributed by atoms with Gasteiger partial charge in [0.15, 0.2) is 11.6 Å². The number of nitrogens with one attached hydrogen (secondary N) is 2. The molecule has 0 aliphatic heterocycles. The number of nitrogens with zero attached hydrogens (tertiary/aromatic N) is 2. The van der Waals surface area contributed by atoms with Crippen LogP contribution in [0.5, 0.6) is 11.6 Å². The highest BCUT2D eigenvalue weighted by Crippen LogP contribution is 2.27. The third-order valence-electron chi connectivity index (χ3n) is 4.33. The molecule has 0 bridgehead atoms. The van der Waals surface area contributed by atoms with Crippen molar-refractivity contribution in [2.75, 3.05) is 5.32 Å². The maximum absolute atomic E-state index is 13.7. The summed E-state index contributed by atoms with van der Waals surface area (Å²) in [5, 5.41) is 7.61. The van der Waals surface area contributed by atoms with Gasteiger partial charge in [0.1, 0.15) is 5.01 Å². The Bertz CT molecular complexity index is 1040. The predicted octanol–water partition coefficient (Wildman–Crippen LogP) is 3.99. The van der Waals surface area contributed by atoms with Gasteiger partial charge in [-0.1, -0.05) is 13.0 Å². The number of halogens is 2. The third kappa shape index (κ3) is 4.77. The fourth-order valence-electron chi connectivity index (χ4n) is 2.47. The zero-order chi connectivity index (χ0) is 21.7. The van der Waals surface area contributed by atoms with E-state index in [0.717, 1.165) is 6.07 Å². The highest BCUT2D eigenvalue weighted by atomic mass is 32.1. The van der Waals surface area contributed by atoms with Gasteiger partial charge in [0, 0.05) is 17.6 Å². The Labute approximate surface area is 175 Å². The molecule has 1 aromatic carbocycles. The fraction of sp³-hybridized carbons (Fsp3) is 0.200. The van der Waals surface area contributed by atoms with Gasteiger partial charge in [-0.15, -0.1) is 11.3 Å². The molecule has 0 spiro atoms. The van der Waals surface area contributed by atoms with Gasteiger partial charge in [0.05, 0.1) is 17.4 Å². The maximum atomic E-state index is 13.7. The van der Waals surface area contributed by atoms with E-state index in [2.05, 4.69) is 20.6 Å². The minimum Gasteiger partial charge on any atom is -0.436 e. The van der Waals surface area contributed by atoms with E-state index in [1.807, 2.05) is 6.92 Å². The van der Waals surface area contributed by atoms with Gasteiger partial charge in [-0.25, -0.2) is 14.4 Å². The normalized spacial score (nSPS) is 12.7. The second-order valence-corrected chi connectivity index (χ2v) is 7.36. The molecule has 0 saturated heterocycles. The van der Waals surface area contributed by atoms with E-state index >= 15 is 0 Å². The number of carbonyl (C=O) groups excluding carboxylic acids is 2. The Balaban J connectivity index is 1.62. The van der Waals surface area contributed by atoms with Crippen LogP contribution in [0.4, 0.5) is 14.5 Å². The van der Waals surface area contributed by atoms with Crippen LogP contribution in [0.2, 0.25) is 0 Å². The molecule has 0 aliphatic rings. The first-order valence-electron chi connectivity index (χ1n) is 8.94. The summed E-state index contributed by atoms with van der Waals surface area (Å²) in [5.74, 6) is -4.20. The number of carbonyl (C=O) groups is 2. The van der Waals surface area contributed by atoms with E-state index < -0.39 is 29.0 Å². The summed E-state index contributed by atoms with van der Waals surface area (Å²) in [6, 6.07) is 6.30. The van der Waals surface area contributed by atoms with E-state index in [-0.39, 0.29) is 17.3 Å². The molecule has 7 nitrogen and oxygen atoms in total. The first-order valence-corrected chi connectivity index (χ1v) is 9.81. The number of rotatable bonds is 6. The Hall–Kier alpha value is -3.40. The lowest BCUT2D eigenvalue weighted by Crippen LogP contribution is -2.47. The molecule has 3 aromatic rings. The minimum absolute atomic E-state index is 0.00993. The molecule has 1 atom stereocenters. The number of ether oxygens (including phenoxy) is 1. The molecule has 2 aromatic heterocycles. The summed E-state index contributed by atoms with van der Waals surface area (Å²) in [4.78, 5) is 32.7. The van der Waals surface area contributed by atoms with Gasteiger partial charge in [0.2, 0.25) is 11.7 Å². The first-order chi connectivity index (χ1) is 14.3. The van der Waals surface area contributed by atoms with Gasteiger partial charge in [-0.05, 0) is 31.5 Å². The minimum atomic E-state index is -1.13. The van der Waals surface area contributed by atoms with Crippen LogP contribution < -0.4 is 15.4 Å². The number of hydrogen-bond acceptors (Lipinski definition) is 6. The van der Waals surface area contributed by atoms with Crippen LogP contribution >= 0.6 is 11.3 Å². The Morgan fingerprint density at radius 3 is 2.60 bits per heavy atom. The fourth-order valence-corrected chi connectivity index (χ4v) is 3.30. The van der Waals surface area contributed by atoms with Gasteiger partial charge in [-0.3, -0.25) is 9.59 Å². The predicted molar refractivity (Wildman–Crippen MR) is 107 cm³/mol. The number of amides is 2. The quantitative estimate of drug-likeness (QED) is 0.575. The highest BCUT2D eigenvalue weighted by Gasteiger charge is 2.31. The van der Waals surface area contributed by atoms with Crippen LogP contribution in [0, 0.1) is 11.6 Å². The monoisotopic (exact) mass is 432 g/mol. The number of benzene rings is 1. The van der Waals surface area contributed by atoms with Crippen LogP contribution in [0.3, 0.4) is 0 Å². The molecule has 30 heavy (non-hydrogen) atoms. The van der Waals surface area contributed by atoms with E-state index in [1.165, 1.54) is 41.8 Å². The SMILES string of the molecule is CC[C@@](C)(NC(=O)C(=O)Nc1ccc(Oc2cccc(F)c2F)nc1)c1nccs1. The van der Waals surface area contributed by atoms with Crippen molar-refractivity contribution in [1.82, 2.24) is 15.3 Å². The van der Waals surface area contributed by atoms with E-state index in [1.54, 1.807) is 18.5 Å². The molecule has 0 fully saturated rings. The van der Waals surface area contributed by atoms with Gasteiger partial charge in [-0.2, -0.15) is 4.39 Å². The van der Waals surface area contributed by atoms with Crippen molar-refractivity contribution in [1.29, 1.82) is 0 Å². The molecule has 0 saturated carbocycles. The lowest BCUT2D eigenvalue weighted by molar-refractivity contribution is -0.137. The van der Waals surface area contributed by atoms with Crippen LogP contribution in [0.25, 0.3) is 0 Å². The van der Waals surface area contributed by atoms with Gasteiger partial charge in [0.25, 0.3) is 0 Å². The molecule has 3 rings (SSSR count). The van der Waals surface area contributed by atoms with Crippen LogP contribution in [0.15, 0.2) is 48.1 Å². The zero-order valence-electron chi connectivity index (χ0n) is 16.1. The lowest BCUT2D eigenvalue weighted by Gasteiger charge is -2.26. The molecule has 2 N–H and O–H groups in total. The Morgan fingerprint density at radius 2 is 1.97 bits per heavy atom. The summed E-state index contributed by atoms with van der Waals surface area (Å²) in [7, 11) is 0. The molecule has 0 unspecified atom stereocenters. The van der Waals surface area contributed by atoms with Crippen molar-refractivity contribution in [3.05, 3.63) is 64.7 Å². The topological polar surface area (TPSA) is 93.2 Å². The average molecular weight is 432 g/mol. The zero-order valence-corrected chi connectivity index (χ0v) is 16.9. The van der Waals surface area contributed by atoms with Crippen molar-refractivity contribution >= 4 is 28.8 Å². The summed E-state index contributed by atoms with van der Waals surface area (Å²) in [6.07, 6.45) is 3.41. The molecule has 0 aliphatic carbocycles. The van der Waals surface area contributed by atoms with E-state index in [4.69, 9.17) is 4.74 Å². The average Bonchev–Trinajstić information content (AvgIpc) is 3.28. The van der Waals surface area contributed by atoms with Gasteiger partial charge >= 0.3 is 11.8 Å². The van der Waals surface area contributed by atoms with Crippen LogP contribution in [-0.4, -0.2) is 21.8 Å². The van der Waals surface area contributed by atoms with Crippen molar-refractivity contribution < 1.29 is 23.1 Å². The summed E-state index contributed by atoms with van der Waals surface area (Å²) < 4.78 is 32.1. The standard InChI is InChI=1S/C20H18F2N4O3S/c1-3-20(2,19-23-9-10-30-19)26-18(28)17(27)25-12-7-8-15(24-11-12)29-14-6-4-5-13(21)16(14)22/h4-11H,3H2,1-2H3,(H,25,27)(H,26,28)/t20-/m1/s1. The Kier molecular flexibility index (Phi) is 6.36. The van der Waals surface area contributed by atoms with Crippen LogP contribution in [0.1, 0.15) is 25.3 Å². The molecular weight excluding hydrogens is 414 g/mol. The first kappa shape index (κ1) is 21.3. The third-order valence-corrected chi connectivity index (χ3v) is 5.37. The van der Waals surface area contributed by atoms with E-state index in [9.17, 15) is 18.4 Å². The summed E-state index contributed by atoms with van der Waals surface area (Å²) >= 11 is 1.38. The number of pyridine rings is 1. The number of hydrogen-bond donors (Lipinski definition) is 2. The van der Waals surface area contributed by atoms with Crippen molar-refractivity contribution in [2.45, 2.75) is 25.8 Å². The second kappa shape index (κ2) is 8.95. The summed E-state index contributed by atoms with van der Waals surface area (Å²) in [5.41, 5.74) is -0.539. The number of anilines is 1. The smallest absolute Gasteiger partial charge is 0.313 e. The van der Waals surface area contributed by atoms with Crippen LogP contribution in [-0.2, 0) is 15.1 Å². The molecule has 0 radical (unpaired) electrons. The Morgan fingerprint density at radius 1 is 1.17 bits per heavy atom. The number of aromatic nitrogens is 2. The second-order valence-electron chi connectivity index (χ2n) is 6.47.